The van der Waals surface area contributed by atoms with E-state index >= 15 is 0 Å². The first-order chi connectivity index (χ1) is 14.3. The average Bonchev–Trinajstić information content (AvgIpc) is 2.70. The van der Waals surface area contributed by atoms with Gasteiger partial charge in [0.15, 0.2) is 0 Å². The van der Waals surface area contributed by atoms with Gasteiger partial charge in [0, 0.05) is 5.56 Å². The Morgan fingerprint density at radius 2 is 1.40 bits per heavy atom. The van der Waals surface area contributed by atoms with Crippen molar-refractivity contribution in [3.8, 4) is 11.5 Å². The third-order valence-electron chi connectivity index (χ3n) is 7.25. The summed E-state index contributed by atoms with van der Waals surface area (Å²) in [6.45, 7) is 13.5. The van der Waals surface area contributed by atoms with Crippen LogP contribution in [0.5, 0.6) is 11.5 Å². The summed E-state index contributed by atoms with van der Waals surface area (Å²) < 4.78 is 12.3. The van der Waals surface area contributed by atoms with Crippen molar-refractivity contribution in [3.63, 3.8) is 0 Å². The topological polar surface area (TPSA) is 18.5 Å². The summed E-state index contributed by atoms with van der Waals surface area (Å²) in [7, 11) is 1.78. The lowest BCUT2D eigenvalue weighted by Gasteiger charge is -2.38. The van der Waals surface area contributed by atoms with Gasteiger partial charge in [-0.05, 0) is 76.0 Å². The molecule has 1 aliphatic rings. The fraction of sp³-hybridized carbons (Fsp3) is 0.786. The molecule has 1 unspecified atom stereocenters. The van der Waals surface area contributed by atoms with Gasteiger partial charge in [-0.15, -0.1) is 0 Å². The molecule has 2 heteroatoms. The third-order valence-corrected chi connectivity index (χ3v) is 7.25. The maximum Gasteiger partial charge on any atom is 0.127 e. The van der Waals surface area contributed by atoms with Crippen LogP contribution in [-0.4, -0.2) is 12.7 Å². The van der Waals surface area contributed by atoms with Crippen LogP contribution < -0.4 is 9.47 Å². The van der Waals surface area contributed by atoms with Crippen molar-refractivity contribution < 1.29 is 9.47 Å². The Morgan fingerprint density at radius 1 is 0.833 bits per heavy atom. The molecule has 0 saturated heterocycles. The highest BCUT2D eigenvalue weighted by atomic mass is 16.5. The molecule has 1 atom stereocenters. The maximum absolute atomic E-state index is 6.66. The lowest BCUT2D eigenvalue weighted by Crippen LogP contribution is -2.37. The van der Waals surface area contributed by atoms with E-state index in [9.17, 15) is 0 Å². The zero-order valence-electron chi connectivity index (χ0n) is 21.1. The van der Waals surface area contributed by atoms with E-state index in [0.29, 0.717) is 0 Å². The molecule has 0 aliphatic carbocycles. The predicted octanol–water partition coefficient (Wildman–Crippen LogP) is 8.65. The Kier molecular flexibility index (Phi) is 10.0. The largest absolute Gasteiger partial charge is 0.496 e. The van der Waals surface area contributed by atoms with Gasteiger partial charge in [-0.25, -0.2) is 0 Å². The van der Waals surface area contributed by atoms with Gasteiger partial charge in [-0.2, -0.15) is 0 Å². The fourth-order valence-electron chi connectivity index (χ4n) is 5.05. The molecule has 2 rings (SSSR count). The Bertz CT molecular complexity index is 661. The van der Waals surface area contributed by atoms with Crippen molar-refractivity contribution in [2.75, 3.05) is 7.11 Å². The molecular formula is C28H48O2. The molecule has 1 aliphatic heterocycles. The van der Waals surface area contributed by atoms with Crippen LogP contribution in [0.2, 0.25) is 0 Å². The minimum absolute atomic E-state index is 0.0123. The van der Waals surface area contributed by atoms with Crippen LogP contribution >= 0.6 is 0 Å². The van der Waals surface area contributed by atoms with E-state index in [-0.39, 0.29) is 5.60 Å². The highest BCUT2D eigenvalue weighted by molar-refractivity contribution is 5.58. The molecule has 0 radical (unpaired) electrons. The van der Waals surface area contributed by atoms with Crippen LogP contribution in [0.3, 0.4) is 0 Å². The fourth-order valence-corrected chi connectivity index (χ4v) is 5.05. The first kappa shape index (κ1) is 25.1. The minimum atomic E-state index is -0.0123. The van der Waals surface area contributed by atoms with Gasteiger partial charge >= 0.3 is 0 Å². The summed E-state index contributed by atoms with van der Waals surface area (Å²) in [5.41, 5.74) is 5.10. The van der Waals surface area contributed by atoms with E-state index in [2.05, 4.69) is 41.5 Å². The Morgan fingerprint density at radius 3 is 1.97 bits per heavy atom. The molecule has 2 nitrogen and oxygen atoms in total. The lowest BCUT2D eigenvalue weighted by atomic mass is 9.84. The molecule has 0 spiro atoms. The molecule has 1 aromatic rings. The molecule has 1 heterocycles. The summed E-state index contributed by atoms with van der Waals surface area (Å²) in [6.07, 6.45) is 17.3. The molecule has 0 N–H and O–H groups in total. The van der Waals surface area contributed by atoms with Crippen LogP contribution in [0.4, 0.5) is 0 Å². The molecule has 0 amide bonds. The summed E-state index contributed by atoms with van der Waals surface area (Å²) in [5.74, 6) is 3.05. The summed E-state index contributed by atoms with van der Waals surface area (Å²) in [5, 5.41) is 0. The van der Waals surface area contributed by atoms with E-state index in [4.69, 9.17) is 9.47 Å². The lowest BCUT2D eigenvalue weighted by molar-refractivity contribution is 0.0521. The summed E-state index contributed by atoms with van der Waals surface area (Å²) >= 11 is 0. The summed E-state index contributed by atoms with van der Waals surface area (Å²) in [4.78, 5) is 0. The molecular weight excluding hydrogens is 368 g/mol. The minimum Gasteiger partial charge on any atom is -0.496 e. The highest BCUT2D eigenvalue weighted by Gasteiger charge is 2.34. The van der Waals surface area contributed by atoms with Crippen molar-refractivity contribution in [3.05, 3.63) is 22.3 Å². The normalized spacial score (nSPS) is 18.4. The first-order valence-electron chi connectivity index (χ1n) is 12.6. The van der Waals surface area contributed by atoms with Crippen molar-refractivity contribution in [2.24, 2.45) is 5.92 Å². The first-order valence-corrected chi connectivity index (χ1v) is 12.6. The van der Waals surface area contributed by atoms with Crippen LogP contribution in [0, 0.1) is 26.7 Å². The number of rotatable bonds is 13. The quantitative estimate of drug-likeness (QED) is 0.299. The molecule has 0 fully saturated rings. The van der Waals surface area contributed by atoms with Crippen LogP contribution in [0.15, 0.2) is 0 Å². The van der Waals surface area contributed by atoms with E-state index in [1.807, 2.05) is 0 Å². The van der Waals surface area contributed by atoms with Crippen molar-refractivity contribution >= 4 is 0 Å². The van der Waals surface area contributed by atoms with Crippen LogP contribution in [0.25, 0.3) is 0 Å². The van der Waals surface area contributed by atoms with Crippen molar-refractivity contribution in [1.29, 1.82) is 0 Å². The predicted molar refractivity (Wildman–Crippen MR) is 130 cm³/mol. The van der Waals surface area contributed by atoms with Crippen molar-refractivity contribution in [1.82, 2.24) is 0 Å². The van der Waals surface area contributed by atoms with E-state index in [0.717, 1.165) is 30.3 Å². The third kappa shape index (κ3) is 6.92. The van der Waals surface area contributed by atoms with Crippen LogP contribution in [0.1, 0.15) is 120 Å². The van der Waals surface area contributed by atoms with E-state index < -0.39 is 0 Å². The Balaban J connectivity index is 1.69. The van der Waals surface area contributed by atoms with Gasteiger partial charge in [0.25, 0.3) is 0 Å². The number of fused-ring (bicyclic) bond motifs is 1. The molecule has 0 saturated carbocycles. The number of hydrogen-bond acceptors (Lipinski definition) is 2. The number of benzene rings is 1. The SMILES string of the molecule is COc1c(C)c(C)c2c(c1C)CCC(C)(CCCCCCCCCCCC(C)C)O2. The highest BCUT2D eigenvalue weighted by Crippen LogP contribution is 2.44. The van der Waals surface area contributed by atoms with Gasteiger partial charge in [0.1, 0.15) is 17.1 Å². The van der Waals surface area contributed by atoms with E-state index in [1.165, 1.54) is 92.9 Å². The average molecular weight is 417 g/mol. The zero-order valence-corrected chi connectivity index (χ0v) is 21.1. The van der Waals surface area contributed by atoms with Gasteiger partial charge in [0.05, 0.1) is 7.11 Å². The molecule has 1 aromatic carbocycles. The van der Waals surface area contributed by atoms with Gasteiger partial charge in [0.2, 0.25) is 0 Å². The second-order valence-corrected chi connectivity index (χ2v) is 10.4. The zero-order chi connectivity index (χ0) is 22.1. The van der Waals surface area contributed by atoms with Gasteiger partial charge in [-0.1, -0.05) is 71.6 Å². The molecule has 0 aromatic heterocycles. The molecule has 30 heavy (non-hydrogen) atoms. The number of ether oxygens (including phenoxy) is 2. The van der Waals surface area contributed by atoms with E-state index in [1.54, 1.807) is 7.11 Å². The molecule has 172 valence electrons. The Labute approximate surface area is 187 Å². The number of unbranched alkanes of at least 4 members (excludes halogenated alkanes) is 8. The Hall–Kier alpha value is -1.18. The van der Waals surface area contributed by atoms with Gasteiger partial charge in [-0.3, -0.25) is 0 Å². The second-order valence-electron chi connectivity index (χ2n) is 10.4. The number of methoxy groups -OCH3 is 1. The van der Waals surface area contributed by atoms with Gasteiger partial charge < -0.3 is 9.47 Å². The second kappa shape index (κ2) is 12.0. The number of hydrogen-bond donors (Lipinski definition) is 0. The van der Waals surface area contributed by atoms with Crippen LogP contribution in [-0.2, 0) is 6.42 Å². The van der Waals surface area contributed by atoms with Crippen molar-refractivity contribution in [2.45, 2.75) is 131 Å². The summed E-state index contributed by atoms with van der Waals surface area (Å²) in [6, 6.07) is 0. The smallest absolute Gasteiger partial charge is 0.127 e. The maximum atomic E-state index is 6.66. The standard InChI is InChI=1S/C28H48O2/c1-21(2)17-15-13-11-9-8-10-12-14-16-19-28(6)20-18-25-24(5)26(29-7)22(3)23(4)27(25)30-28/h21H,8-20H2,1-7H3. The molecule has 0 bridgehead atoms. The monoisotopic (exact) mass is 416 g/mol.